The van der Waals surface area contributed by atoms with E-state index < -0.39 is 0 Å². The largest absolute Gasteiger partial charge is 0.353 e. The van der Waals surface area contributed by atoms with Crippen molar-refractivity contribution in [2.45, 2.75) is 41.3 Å². The minimum atomic E-state index is 0.625. The number of anilines is 1. The lowest BCUT2D eigenvalue weighted by Gasteiger charge is -2.29. The molecule has 0 spiro atoms. The minimum Gasteiger partial charge on any atom is -0.353 e. The van der Waals surface area contributed by atoms with Gasteiger partial charge in [-0.25, -0.2) is 0 Å². The Balaban J connectivity index is 1.98. The zero-order chi connectivity index (χ0) is 12.3. The van der Waals surface area contributed by atoms with Gasteiger partial charge in [-0.1, -0.05) is 35.9 Å². The van der Waals surface area contributed by atoms with Crippen molar-refractivity contribution in [2.75, 3.05) is 26.0 Å². The highest BCUT2D eigenvalue weighted by Crippen LogP contribution is 2.36. The third-order valence-electron chi connectivity index (χ3n) is 3.10. The topological polar surface area (TPSA) is 41.1 Å². The van der Waals surface area contributed by atoms with Gasteiger partial charge >= 0.3 is 0 Å². The fraction of sp³-hybridized carbons (Fsp3) is 0.818. The molecule has 0 aromatic carbocycles. The van der Waals surface area contributed by atoms with Crippen LogP contribution in [0.5, 0.6) is 0 Å². The molecule has 6 heteroatoms. The summed E-state index contributed by atoms with van der Waals surface area (Å²) in [5, 5.41) is 13.5. The van der Waals surface area contributed by atoms with Crippen LogP contribution in [0.15, 0.2) is 4.34 Å². The van der Waals surface area contributed by atoms with E-state index in [0.717, 1.165) is 9.47 Å². The molecule has 1 saturated carbocycles. The van der Waals surface area contributed by atoms with Gasteiger partial charge in [0.1, 0.15) is 0 Å². The highest BCUT2D eigenvalue weighted by atomic mass is 32.2. The smallest absolute Gasteiger partial charge is 0.208 e. The quantitative estimate of drug-likeness (QED) is 0.910. The lowest BCUT2D eigenvalue weighted by molar-refractivity contribution is 0.405. The SMILES string of the molecule is CNC1CCCCC1Sc1nnc(N(C)C)s1. The summed E-state index contributed by atoms with van der Waals surface area (Å²) < 4.78 is 1.10. The van der Waals surface area contributed by atoms with Crippen LogP contribution >= 0.6 is 23.1 Å². The maximum Gasteiger partial charge on any atom is 0.208 e. The molecule has 0 saturated heterocycles. The van der Waals surface area contributed by atoms with Crippen LogP contribution in [-0.2, 0) is 0 Å². The maximum absolute atomic E-state index is 4.26. The number of hydrogen-bond acceptors (Lipinski definition) is 6. The summed E-state index contributed by atoms with van der Waals surface area (Å²) in [5.74, 6) is 0. The third kappa shape index (κ3) is 3.33. The van der Waals surface area contributed by atoms with E-state index in [2.05, 4.69) is 22.6 Å². The molecule has 96 valence electrons. The van der Waals surface area contributed by atoms with Gasteiger partial charge in [-0.05, 0) is 19.9 Å². The summed E-state index contributed by atoms with van der Waals surface area (Å²) in [6.45, 7) is 0. The second-order valence-corrected chi connectivity index (χ2v) is 7.02. The molecule has 1 fully saturated rings. The zero-order valence-electron chi connectivity index (χ0n) is 10.6. The van der Waals surface area contributed by atoms with Crippen LogP contribution in [0.2, 0.25) is 0 Å². The van der Waals surface area contributed by atoms with E-state index in [1.54, 1.807) is 11.3 Å². The fourth-order valence-corrected chi connectivity index (χ4v) is 4.49. The van der Waals surface area contributed by atoms with Crippen molar-refractivity contribution < 1.29 is 0 Å². The fourth-order valence-electron chi connectivity index (χ4n) is 2.13. The van der Waals surface area contributed by atoms with Crippen molar-refractivity contribution in [1.29, 1.82) is 0 Å². The molecule has 0 amide bonds. The van der Waals surface area contributed by atoms with Gasteiger partial charge in [0.2, 0.25) is 5.13 Å². The Kier molecular flexibility index (Phi) is 4.64. The van der Waals surface area contributed by atoms with Crippen LogP contribution in [0.3, 0.4) is 0 Å². The van der Waals surface area contributed by atoms with Crippen LogP contribution in [0, 0.1) is 0 Å². The van der Waals surface area contributed by atoms with Crippen molar-refractivity contribution in [3.8, 4) is 0 Å². The van der Waals surface area contributed by atoms with Gasteiger partial charge in [0.15, 0.2) is 4.34 Å². The molecule has 1 aliphatic rings. The van der Waals surface area contributed by atoms with Gasteiger partial charge in [0.05, 0.1) is 0 Å². The monoisotopic (exact) mass is 272 g/mol. The summed E-state index contributed by atoms with van der Waals surface area (Å²) in [7, 11) is 6.08. The van der Waals surface area contributed by atoms with Crippen molar-refractivity contribution in [3.05, 3.63) is 0 Å². The number of nitrogens with one attached hydrogen (secondary N) is 1. The number of thioether (sulfide) groups is 1. The average molecular weight is 272 g/mol. The van der Waals surface area contributed by atoms with Gasteiger partial charge in [0, 0.05) is 25.4 Å². The summed E-state index contributed by atoms with van der Waals surface area (Å²) >= 11 is 3.58. The number of aromatic nitrogens is 2. The maximum atomic E-state index is 4.26. The van der Waals surface area contributed by atoms with Crippen LogP contribution in [0.25, 0.3) is 0 Å². The number of rotatable bonds is 4. The molecule has 1 aliphatic carbocycles. The summed E-state index contributed by atoms with van der Waals surface area (Å²) in [6, 6.07) is 0.625. The van der Waals surface area contributed by atoms with E-state index in [4.69, 9.17) is 0 Å². The van der Waals surface area contributed by atoms with Gasteiger partial charge in [-0.2, -0.15) is 0 Å². The summed E-state index contributed by atoms with van der Waals surface area (Å²) in [6.07, 6.45) is 5.26. The van der Waals surface area contributed by atoms with Crippen LogP contribution < -0.4 is 10.2 Å². The highest BCUT2D eigenvalue weighted by Gasteiger charge is 2.25. The van der Waals surface area contributed by atoms with E-state index in [0.29, 0.717) is 11.3 Å². The first-order valence-corrected chi connectivity index (χ1v) is 7.75. The molecule has 2 unspecified atom stereocenters. The Hall–Kier alpha value is -0.330. The van der Waals surface area contributed by atoms with E-state index in [-0.39, 0.29) is 0 Å². The molecular formula is C11H20N4S2. The van der Waals surface area contributed by atoms with Crippen LogP contribution in [0.4, 0.5) is 5.13 Å². The van der Waals surface area contributed by atoms with Gasteiger partial charge in [-0.3, -0.25) is 0 Å². The Morgan fingerprint density at radius 1 is 1.29 bits per heavy atom. The second kappa shape index (κ2) is 6.02. The minimum absolute atomic E-state index is 0.625. The number of hydrogen-bond donors (Lipinski definition) is 1. The van der Waals surface area contributed by atoms with Crippen molar-refractivity contribution in [2.24, 2.45) is 0 Å². The molecule has 0 bridgehead atoms. The average Bonchev–Trinajstić information content (AvgIpc) is 2.78. The Morgan fingerprint density at radius 3 is 2.71 bits per heavy atom. The Bertz CT molecular complexity index is 353. The van der Waals surface area contributed by atoms with Gasteiger partial charge in [-0.15, -0.1) is 10.2 Å². The molecule has 0 radical (unpaired) electrons. The molecule has 1 aromatic heterocycles. The third-order valence-corrected chi connectivity index (χ3v) is 5.68. The molecule has 2 rings (SSSR count). The normalized spacial score (nSPS) is 24.9. The molecule has 1 N–H and O–H groups in total. The second-order valence-electron chi connectivity index (χ2n) is 4.58. The molecular weight excluding hydrogens is 252 g/mol. The predicted molar refractivity (Wildman–Crippen MR) is 75.2 cm³/mol. The Morgan fingerprint density at radius 2 is 2.06 bits per heavy atom. The van der Waals surface area contributed by atoms with Crippen molar-refractivity contribution in [1.82, 2.24) is 15.5 Å². The van der Waals surface area contributed by atoms with E-state index in [1.165, 1.54) is 25.7 Å². The molecule has 1 heterocycles. The van der Waals surface area contributed by atoms with Crippen molar-refractivity contribution >= 4 is 28.2 Å². The first-order valence-electron chi connectivity index (χ1n) is 6.05. The van der Waals surface area contributed by atoms with Crippen molar-refractivity contribution in [3.63, 3.8) is 0 Å². The molecule has 2 atom stereocenters. The first kappa shape index (κ1) is 13.1. The Labute approximate surface area is 111 Å². The van der Waals surface area contributed by atoms with Crippen LogP contribution in [-0.4, -0.2) is 42.6 Å². The van der Waals surface area contributed by atoms with E-state index in [1.807, 2.05) is 30.8 Å². The van der Waals surface area contributed by atoms with E-state index in [9.17, 15) is 0 Å². The molecule has 17 heavy (non-hydrogen) atoms. The summed E-state index contributed by atoms with van der Waals surface area (Å²) in [5.41, 5.74) is 0. The zero-order valence-corrected chi connectivity index (χ0v) is 12.3. The van der Waals surface area contributed by atoms with Gasteiger partial charge < -0.3 is 10.2 Å². The standard InChI is InChI=1S/C11H20N4S2/c1-12-8-6-4-5-7-9(8)16-11-14-13-10(17-11)15(2)3/h8-9,12H,4-7H2,1-3H3. The predicted octanol–water partition coefficient (Wildman–Crippen LogP) is 2.23. The summed E-state index contributed by atoms with van der Waals surface area (Å²) in [4.78, 5) is 2.01. The van der Waals surface area contributed by atoms with Crippen LogP contribution in [0.1, 0.15) is 25.7 Å². The lowest BCUT2D eigenvalue weighted by atomic mass is 9.95. The molecule has 1 aromatic rings. The van der Waals surface area contributed by atoms with Gasteiger partial charge in [0.25, 0.3) is 0 Å². The first-order chi connectivity index (χ1) is 8.20. The highest BCUT2D eigenvalue weighted by molar-refractivity contribution is 8.01. The van der Waals surface area contributed by atoms with E-state index >= 15 is 0 Å². The number of nitrogens with zero attached hydrogens (tertiary/aromatic N) is 3. The molecule has 4 nitrogen and oxygen atoms in total. The molecule has 0 aliphatic heterocycles. The lowest BCUT2D eigenvalue weighted by Crippen LogP contribution is -2.38.